The van der Waals surface area contributed by atoms with E-state index in [1.165, 1.54) is 41.9 Å². The first kappa shape index (κ1) is 13.1. The molecule has 0 spiro atoms. The number of fused-ring (bicyclic) bond motifs is 1. The van der Waals surface area contributed by atoms with Gasteiger partial charge in [-0.25, -0.2) is 4.98 Å². The summed E-state index contributed by atoms with van der Waals surface area (Å²) in [5.41, 5.74) is 2.50. The van der Waals surface area contributed by atoms with Gasteiger partial charge in [-0.2, -0.15) is 0 Å². The molecule has 1 aliphatic rings. The maximum absolute atomic E-state index is 4.65. The van der Waals surface area contributed by atoms with Gasteiger partial charge >= 0.3 is 0 Å². The van der Waals surface area contributed by atoms with Gasteiger partial charge in [-0.05, 0) is 32.6 Å². The summed E-state index contributed by atoms with van der Waals surface area (Å²) >= 11 is 1.77. The first-order chi connectivity index (χ1) is 9.13. The van der Waals surface area contributed by atoms with Gasteiger partial charge < -0.3 is 5.32 Å². The van der Waals surface area contributed by atoms with Crippen LogP contribution in [0.2, 0.25) is 0 Å². The largest absolute Gasteiger partial charge is 0.308 e. The molecule has 2 aromatic rings. The lowest BCUT2D eigenvalue weighted by Gasteiger charge is -2.27. The second kappa shape index (κ2) is 5.25. The smallest absolute Gasteiger partial charge is 0.194 e. The molecule has 104 valence electrons. The van der Waals surface area contributed by atoms with Crippen molar-refractivity contribution in [2.45, 2.75) is 59.0 Å². The third-order valence-electron chi connectivity index (χ3n) is 4.24. The quantitative estimate of drug-likeness (QED) is 0.927. The maximum Gasteiger partial charge on any atom is 0.194 e. The van der Waals surface area contributed by atoms with Crippen molar-refractivity contribution in [3.05, 3.63) is 22.5 Å². The van der Waals surface area contributed by atoms with Gasteiger partial charge in [0.1, 0.15) is 0 Å². The zero-order valence-corrected chi connectivity index (χ0v) is 12.9. The number of imidazole rings is 1. The van der Waals surface area contributed by atoms with E-state index in [4.69, 9.17) is 0 Å². The molecule has 0 saturated heterocycles. The highest BCUT2D eigenvalue weighted by Crippen LogP contribution is 2.25. The number of nitrogens with zero attached hydrogens (tertiary/aromatic N) is 2. The highest BCUT2D eigenvalue weighted by molar-refractivity contribution is 7.17. The fraction of sp³-hybridized carbons (Fsp3) is 0.667. The van der Waals surface area contributed by atoms with E-state index in [0.29, 0.717) is 6.04 Å². The van der Waals surface area contributed by atoms with Crippen LogP contribution in [0.15, 0.2) is 6.20 Å². The van der Waals surface area contributed by atoms with Crippen molar-refractivity contribution < 1.29 is 0 Å². The van der Waals surface area contributed by atoms with Gasteiger partial charge in [0.2, 0.25) is 0 Å². The van der Waals surface area contributed by atoms with Crippen LogP contribution in [0.5, 0.6) is 0 Å². The van der Waals surface area contributed by atoms with Gasteiger partial charge in [0, 0.05) is 23.7 Å². The Morgan fingerprint density at radius 2 is 2.26 bits per heavy atom. The van der Waals surface area contributed by atoms with Gasteiger partial charge in [-0.15, -0.1) is 11.3 Å². The zero-order valence-electron chi connectivity index (χ0n) is 12.1. The third-order valence-corrected chi connectivity index (χ3v) is 5.13. The molecule has 2 atom stereocenters. The SMILES string of the molecule is Cc1cn2c(CNC3CCCC(C)C3)c(C)nc2s1. The van der Waals surface area contributed by atoms with E-state index in [1.807, 2.05) is 0 Å². The van der Waals surface area contributed by atoms with Gasteiger partial charge in [0.25, 0.3) is 0 Å². The third kappa shape index (κ3) is 2.70. The van der Waals surface area contributed by atoms with Crippen molar-refractivity contribution in [3.8, 4) is 0 Å². The fourth-order valence-corrected chi connectivity index (χ4v) is 4.07. The Balaban J connectivity index is 1.72. The van der Waals surface area contributed by atoms with Crippen LogP contribution in [0.25, 0.3) is 4.96 Å². The standard InChI is InChI=1S/C15H23N3S/c1-10-5-4-6-13(7-10)16-8-14-12(3)17-15-18(14)9-11(2)19-15/h9-10,13,16H,4-8H2,1-3H3. The Hall–Kier alpha value is -0.870. The first-order valence-electron chi connectivity index (χ1n) is 7.31. The van der Waals surface area contributed by atoms with Crippen molar-refractivity contribution in [2.24, 2.45) is 5.92 Å². The first-order valence-corrected chi connectivity index (χ1v) is 8.12. The van der Waals surface area contributed by atoms with E-state index in [2.05, 4.69) is 41.7 Å². The summed E-state index contributed by atoms with van der Waals surface area (Å²) in [5.74, 6) is 0.876. The molecular formula is C15H23N3S. The van der Waals surface area contributed by atoms with Crippen LogP contribution in [-0.4, -0.2) is 15.4 Å². The molecule has 1 aliphatic carbocycles. The summed E-state index contributed by atoms with van der Waals surface area (Å²) in [6.45, 7) is 7.59. The van der Waals surface area contributed by atoms with Crippen molar-refractivity contribution in [1.29, 1.82) is 0 Å². The van der Waals surface area contributed by atoms with Crippen molar-refractivity contribution in [3.63, 3.8) is 0 Å². The molecule has 0 bridgehead atoms. The van der Waals surface area contributed by atoms with Crippen LogP contribution in [0, 0.1) is 19.8 Å². The number of hydrogen-bond acceptors (Lipinski definition) is 3. The second-order valence-corrected chi connectivity index (χ2v) is 7.20. The van der Waals surface area contributed by atoms with E-state index >= 15 is 0 Å². The summed E-state index contributed by atoms with van der Waals surface area (Å²) in [4.78, 5) is 7.11. The molecule has 1 N–H and O–H groups in total. The summed E-state index contributed by atoms with van der Waals surface area (Å²) in [5, 5.41) is 3.74. The minimum Gasteiger partial charge on any atom is -0.308 e. The molecule has 2 aromatic heterocycles. The molecule has 0 amide bonds. The lowest BCUT2D eigenvalue weighted by Crippen LogP contribution is -2.33. The molecule has 0 aromatic carbocycles. The minimum atomic E-state index is 0.688. The lowest BCUT2D eigenvalue weighted by atomic mass is 9.87. The number of rotatable bonds is 3. The topological polar surface area (TPSA) is 29.3 Å². The Morgan fingerprint density at radius 1 is 1.42 bits per heavy atom. The highest BCUT2D eigenvalue weighted by atomic mass is 32.1. The van der Waals surface area contributed by atoms with Crippen molar-refractivity contribution >= 4 is 16.3 Å². The predicted octanol–water partition coefficient (Wildman–Crippen LogP) is 3.68. The number of aryl methyl sites for hydroxylation is 2. The zero-order chi connectivity index (χ0) is 13.4. The summed E-state index contributed by atoms with van der Waals surface area (Å²) < 4.78 is 2.26. The summed E-state index contributed by atoms with van der Waals surface area (Å²) in [7, 11) is 0. The van der Waals surface area contributed by atoms with E-state index < -0.39 is 0 Å². The predicted molar refractivity (Wildman–Crippen MR) is 80.8 cm³/mol. The van der Waals surface area contributed by atoms with E-state index in [0.717, 1.165) is 17.4 Å². The van der Waals surface area contributed by atoms with Gasteiger partial charge in [0.05, 0.1) is 11.4 Å². The Kier molecular flexibility index (Phi) is 3.63. The summed E-state index contributed by atoms with van der Waals surface area (Å²) in [6.07, 6.45) is 7.63. The molecule has 2 heterocycles. The lowest BCUT2D eigenvalue weighted by molar-refractivity contribution is 0.299. The average Bonchev–Trinajstić information content (AvgIpc) is 2.82. The maximum atomic E-state index is 4.65. The normalized spacial score (nSPS) is 24.2. The molecule has 19 heavy (non-hydrogen) atoms. The van der Waals surface area contributed by atoms with Crippen LogP contribution < -0.4 is 5.32 Å². The van der Waals surface area contributed by atoms with Gasteiger partial charge in [0.15, 0.2) is 4.96 Å². The van der Waals surface area contributed by atoms with Crippen LogP contribution >= 0.6 is 11.3 Å². The minimum absolute atomic E-state index is 0.688. The Labute approximate surface area is 119 Å². The average molecular weight is 277 g/mol. The number of nitrogens with one attached hydrogen (secondary N) is 1. The van der Waals surface area contributed by atoms with Crippen molar-refractivity contribution in [2.75, 3.05) is 0 Å². The monoisotopic (exact) mass is 277 g/mol. The van der Waals surface area contributed by atoms with Gasteiger partial charge in [-0.1, -0.05) is 19.8 Å². The number of aromatic nitrogens is 2. The Bertz CT molecular complexity index is 569. The number of thiazole rings is 1. The molecule has 3 rings (SSSR count). The van der Waals surface area contributed by atoms with Gasteiger partial charge in [-0.3, -0.25) is 4.40 Å². The van der Waals surface area contributed by atoms with Crippen LogP contribution in [0.4, 0.5) is 0 Å². The van der Waals surface area contributed by atoms with Crippen molar-refractivity contribution in [1.82, 2.24) is 14.7 Å². The molecule has 4 heteroatoms. The molecule has 3 nitrogen and oxygen atoms in total. The molecule has 2 unspecified atom stereocenters. The molecule has 0 aliphatic heterocycles. The molecular weight excluding hydrogens is 254 g/mol. The van der Waals surface area contributed by atoms with Crippen LogP contribution in [-0.2, 0) is 6.54 Å². The molecule has 1 fully saturated rings. The number of hydrogen-bond donors (Lipinski definition) is 1. The molecule has 0 radical (unpaired) electrons. The van der Waals surface area contributed by atoms with E-state index in [9.17, 15) is 0 Å². The fourth-order valence-electron chi connectivity index (χ4n) is 3.18. The Morgan fingerprint density at radius 3 is 3.05 bits per heavy atom. The van der Waals surface area contributed by atoms with Crippen LogP contribution in [0.1, 0.15) is 48.9 Å². The van der Waals surface area contributed by atoms with Crippen LogP contribution in [0.3, 0.4) is 0 Å². The summed E-state index contributed by atoms with van der Waals surface area (Å²) in [6, 6.07) is 0.688. The van der Waals surface area contributed by atoms with E-state index in [1.54, 1.807) is 11.3 Å². The van der Waals surface area contributed by atoms with E-state index in [-0.39, 0.29) is 0 Å². The molecule has 1 saturated carbocycles. The second-order valence-electron chi connectivity index (χ2n) is 5.99. The highest BCUT2D eigenvalue weighted by Gasteiger charge is 2.19.